The maximum atomic E-state index is 12.5. The van der Waals surface area contributed by atoms with E-state index in [-0.39, 0.29) is 18.4 Å². The molecular formula is C24H30N2O4. The molecular weight excluding hydrogens is 380 g/mol. The van der Waals surface area contributed by atoms with Gasteiger partial charge in [0.25, 0.3) is 11.8 Å². The summed E-state index contributed by atoms with van der Waals surface area (Å²) in [5.74, 6) is 0.769. The molecule has 3 rings (SSSR count). The smallest absolute Gasteiger partial charge is 0.260 e. The quantitative estimate of drug-likeness (QED) is 0.688. The molecule has 1 heterocycles. The minimum atomic E-state index is -0.164. The summed E-state index contributed by atoms with van der Waals surface area (Å²) in [5, 5.41) is 2.93. The van der Waals surface area contributed by atoms with Gasteiger partial charge in [-0.15, -0.1) is 0 Å². The molecule has 0 unspecified atom stereocenters. The predicted molar refractivity (Wildman–Crippen MR) is 116 cm³/mol. The number of benzene rings is 2. The van der Waals surface area contributed by atoms with Crippen molar-refractivity contribution in [2.75, 3.05) is 32.8 Å². The molecule has 2 aromatic carbocycles. The van der Waals surface area contributed by atoms with Gasteiger partial charge in [0.2, 0.25) is 0 Å². The Morgan fingerprint density at radius 1 is 0.967 bits per heavy atom. The summed E-state index contributed by atoms with van der Waals surface area (Å²) in [7, 11) is 0. The molecule has 2 aromatic rings. The Morgan fingerprint density at radius 3 is 2.47 bits per heavy atom. The van der Waals surface area contributed by atoms with Crippen LogP contribution in [0.4, 0.5) is 0 Å². The summed E-state index contributed by atoms with van der Waals surface area (Å²) >= 11 is 0. The number of likely N-dealkylation sites (tertiary alicyclic amines) is 1. The van der Waals surface area contributed by atoms with E-state index in [2.05, 4.69) is 5.32 Å². The van der Waals surface area contributed by atoms with Crippen LogP contribution >= 0.6 is 0 Å². The number of rotatable bonds is 9. The Bertz CT molecular complexity index is 832. The SMILES string of the molecule is CCOc1cc(C(=O)NCCc2ccccc2)ccc1OCC(=O)N1CCCCC1. The maximum absolute atomic E-state index is 12.5. The zero-order valence-electron chi connectivity index (χ0n) is 17.6. The third-order valence-electron chi connectivity index (χ3n) is 5.11. The van der Waals surface area contributed by atoms with Crippen molar-refractivity contribution < 1.29 is 19.1 Å². The lowest BCUT2D eigenvalue weighted by molar-refractivity contribution is -0.134. The monoisotopic (exact) mass is 410 g/mol. The molecule has 0 bridgehead atoms. The van der Waals surface area contributed by atoms with Gasteiger partial charge in [-0.3, -0.25) is 9.59 Å². The minimum absolute atomic E-state index is 0.0140. The summed E-state index contributed by atoms with van der Waals surface area (Å²) in [4.78, 5) is 26.7. The normalized spacial score (nSPS) is 13.6. The summed E-state index contributed by atoms with van der Waals surface area (Å²) in [5.41, 5.74) is 1.68. The topological polar surface area (TPSA) is 67.9 Å². The van der Waals surface area contributed by atoms with Gasteiger partial charge >= 0.3 is 0 Å². The second-order valence-corrected chi connectivity index (χ2v) is 7.32. The number of carbonyl (C=O) groups is 2. The van der Waals surface area contributed by atoms with Crippen LogP contribution in [0.25, 0.3) is 0 Å². The van der Waals surface area contributed by atoms with E-state index in [0.717, 1.165) is 32.4 Å². The fourth-order valence-electron chi connectivity index (χ4n) is 3.48. The van der Waals surface area contributed by atoms with Crippen LogP contribution in [0.5, 0.6) is 11.5 Å². The molecule has 160 valence electrons. The average molecular weight is 411 g/mol. The summed E-state index contributed by atoms with van der Waals surface area (Å²) in [6.07, 6.45) is 4.03. The first-order chi connectivity index (χ1) is 14.7. The first kappa shape index (κ1) is 21.7. The molecule has 30 heavy (non-hydrogen) atoms. The highest BCUT2D eigenvalue weighted by molar-refractivity contribution is 5.94. The van der Waals surface area contributed by atoms with Crippen LogP contribution in [0.15, 0.2) is 48.5 Å². The van der Waals surface area contributed by atoms with Gasteiger partial charge in [0.05, 0.1) is 6.61 Å². The van der Waals surface area contributed by atoms with E-state index in [0.29, 0.717) is 30.2 Å². The van der Waals surface area contributed by atoms with Crippen LogP contribution in [-0.2, 0) is 11.2 Å². The largest absolute Gasteiger partial charge is 0.490 e. The lowest BCUT2D eigenvalue weighted by Gasteiger charge is -2.26. The van der Waals surface area contributed by atoms with Crippen molar-refractivity contribution in [3.63, 3.8) is 0 Å². The number of carbonyl (C=O) groups excluding carboxylic acids is 2. The third kappa shape index (κ3) is 6.24. The molecule has 6 heteroatoms. The van der Waals surface area contributed by atoms with E-state index in [9.17, 15) is 9.59 Å². The number of ether oxygens (including phenoxy) is 2. The molecule has 0 spiro atoms. The van der Waals surface area contributed by atoms with Gasteiger partial charge in [0, 0.05) is 25.2 Å². The summed E-state index contributed by atoms with van der Waals surface area (Å²) < 4.78 is 11.4. The van der Waals surface area contributed by atoms with E-state index >= 15 is 0 Å². The van der Waals surface area contributed by atoms with Gasteiger partial charge in [-0.1, -0.05) is 30.3 Å². The average Bonchev–Trinajstić information content (AvgIpc) is 2.79. The number of nitrogens with one attached hydrogen (secondary N) is 1. The zero-order valence-corrected chi connectivity index (χ0v) is 17.6. The van der Waals surface area contributed by atoms with Crippen molar-refractivity contribution in [2.24, 2.45) is 0 Å². The van der Waals surface area contributed by atoms with Gasteiger partial charge in [-0.05, 0) is 56.4 Å². The Hall–Kier alpha value is -3.02. The molecule has 6 nitrogen and oxygen atoms in total. The lowest BCUT2D eigenvalue weighted by Crippen LogP contribution is -2.38. The fourth-order valence-corrected chi connectivity index (χ4v) is 3.48. The second kappa shape index (κ2) is 11.2. The predicted octanol–water partition coefficient (Wildman–Crippen LogP) is 3.45. The fraction of sp³-hybridized carbons (Fsp3) is 0.417. The molecule has 0 saturated carbocycles. The van der Waals surface area contributed by atoms with E-state index in [4.69, 9.17) is 9.47 Å². The Morgan fingerprint density at radius 2 is 1.73 bits per heavy atom. The Labute approximate surface area is 178 Å². The summed E-state index contributed by atoms with van der Waals surface area (Å²) in [6.45, 7) is 4.42. The van der Waals surface area contributed by atoms with Crippen LogP contribution in [0.1, 0.15) is 42.1 Å². The molecule has 0 aliphatic carbocycles. The first-order valence-corrected chi connectivity index (χ1v) is 10.7. The van der Waals surface area contributed by atoms with Crippen molar-refractivity contribution >= 4 is 11.8 Å². The van der Waals surface area contributed by atoms with Crippen molar-refractivity contribution in [1.29, 1.82) is 0 Å². The van der Waals surface area contributed by atoms with E-state index in [1.54, 1.807) is 18.2 Å². The van der Waals surface area contributed by atoms with Gasteiger partial charge in [0.1, 0.15) is 0 Å². The Balaban J connectivity index is 1.56. The van der Waals surface area contributed by atoms with Gasteiger partial charge in [0.15, 0.2) is 18.1 Å². The van der Waals surface area contributed by atoms with Gasteiger partial charge in [-0.25, -0.2) is 0 Å². The Kier molecular flexibility index (Phi) is 8.12. The van der Waals surface area contributed by atoms with Crippen molar-refractivity contribution in [1.82, 2.24) is 10.2 Å². The molecule has 1 fully saturated rings. The molecule has 0 aromatic heterocycles. The standard InChI is InChI=1S/C24H30N2O4/c1-2-29-22-17-20(24(28)25-14-13-19-9-5-3-6-10-19)11-12-21(22)30-18-23(27)26-15-7-4-8-16-26/h3,5-6,9-12,17H,2,4,7-8,13-16,18H2,1H3,(H,25,28). The van der Waals surface area contributed by atoms with Crippen LogP contribution < -0.4 is 14.8 Å². The third-order valence-corrected chi connectivity index (χ3v) is 5.11. The molecule has 1 saturated heterocycles. The molecule has 2 amide bonds. The molecule has 0 radical (unpaired) electrons. The number of piperidine rings is 1. The van der Waals surface area contributed by atoms with Gasteiger partial charge < -0.3 is 19.7 Å². The van der Waals surface area contributed by atoms with Crippen LogP contribution in [0.3, 0.4) is 0 Å². The molecule has 0 atom stereocenters. The summed E-state index contributed by atoms with van der Waals surface area (Å²) in [6, 6.07) is 15.1. The number of amides is 2. The molecule has 1 aliphatic heterocycles. The van der Waals surface area contributed by atoms with Crippen molar-refractivity contribution in [3.05, 3.63) is 59.7 Å². The number of hydrogen-bond acceptors (Lipinski definition) is 4. The van der Waals surface area contributed by atoms with Crippen molar-refractivity contribution in [3.8, 4) is 11.5 Å². The minimum Gasteiger partial charge on any atom is -0.490 e. The maximum Gasteiger partial charge on any atom is 0.260 e. The number of hydrogen-bond donors (Lipinski definition) is 1. The number of nitrogens with zero attached hydrogens (tertiary/aromatic N) is 1. The molecule has 1 N–H and O–H groups in total. The van der Waals surface area contributed by atoms with Gasteiger partial charge in [-0.2, -0.15) is 0 Å². The zero-order chi connectivity index (χ0) is 21.2. The van der Waals surface area contributed by atoms with Crippen LogP contribution in [0.2, 0.25) is 0 Å². The van der Waals surface area contributed by atoms with Crippen LogP contribution in [0, 0.1) is 0 Å². The van der Waals surface area contributed by atoms with E-state index in [1.165, 1.54) is 12.0 Å². The highest BCUT2D eigenvalue weighted by Gasteiger charge is 2.18. The highest BCUT2D eigenvalue weighted by atomic mass is 16.5. The molecule has 1 aliphatic rings. The van der Waals surface area contributed by atoms with E-state index in [1.807, 2.05) is 42.2 Å². The van der Waals surface area contributed by atoms with Crippen LogP contribution in [-0.4, -0.2) is 49.6 Å². The van der Waals surface area contributed by atoms with E-state index < -0.39 is 0 Å². The lowest BCUT2D eigenvalue weighted by atomic mass is 10.1. The van der Waals surface area contributed by atoms with Crippen molar-refractivity contribution in [2.45, 2.75) is 32.6 Å². The highest BCUT2D eigenvalue weighted by Crippen LogP contribution is 2.28. The first-order valence-electron chi connectivity index (χ1n) is 10.7. The second-order valence-electron chi connectivity index (χ2n) is 7.32.